The number of amides is 3. The molecule has 186 valence electrons. The van der Waals surface area contributed by atoms with Gasteiger partial charge in [-0.15, -0.1) is 0 Å². The van der Waals surface area contributed by atoms with Crippen LogP contribution in [0.15, 0.2) is 54.4 Å². The number of anilines is 1. The number of benzene rings is 2. The molecule has 2 saturated heterocycles. The molecule has 0 bridgehead atoms. The topological polar surface area (TPSA) is 122 Å². The fourth-order valence-electron chi connectivity index (χ4n) is 4.60. The first-order chi connectivity index (χ1) is 17.3. The number of imide groups is 1. The minimum Gasteiger partial charge on any atom is -0.497 e. The zero-order valence-electron chi connectivity index (χ0n) is 19.7. The van der Waals surface area contributed by atoms with Crippen molar-refractivity contribution in [3.8, 4) is 5.75 Å². The Hall–Kier alpha value is -4.15. The molecular weight excluding hydrogens is 466 g/mol. The minimum atomic E-state index is -1.65. The summed E-state index contributed by atoms with van der Waals surface area (Å²) in [6.07, 6.45) is 2.22. The number of methoxy groups -OCH3 is 1. The first-order valence-electron chi connectivity index (χ1n) is 11.5. The maximum Gasteiger partial charge on any atom is 0.336 e. The second-order valence-corrected chi connectivity index (χ2v) is 8.52. The van der Waals surface area contributed by atoms with Gasteiger partial charge in [0.2, 0.25) is 0 Å². The molecule has 1 unspecified atom stereocenters. The fraction of sp³-hybridized carbons (Fsp3) is 0.269. The molecule has 5 rings (SSSR count). The van der Waals surface area contributed by atoms with Crippen molar-refractivity contribution < 1.29 is 34.1 Å². The van der Waals surface area contributed by atoms with Gasteiger partial charge < -0.3 is 24.3 Å². The van der Waals surface area contributed by atoms with Gasteiger partial charge in [-0.1, -0.05) is 12.1 Å². The van der Waals surface area contributed by atoms with Gasteiger partial charge >= 0.3 is 12.0 Å². The van der Waals surface area contributed by atoms with E-state index in [1.165, 1.54) is 29.2 Å². The van der Waals surface area contributed by atoms with E-state index in [9.17, 15) is 24.6 Å². The molecule has 2 N–H and O–H groups in total. The lowest BCUT2D eigenvalue weighted by atomic mass is 10.1. The number of hydrogen-bond donors (Lipinski definition) is 2. The van der Waals surface area contributed by atoms with Crippen LogP contribution in [0.5, 0.6) is 5.75 Å². The number of ether oxygens (including phenoxy) is 2. The Balaban J connectivity index is 1.59. The highest BCUT2D eigenvalue weighted by Gasteiger charge is 2.41. The number of likely N-dealkylation sites (N-methyl/N-ethyl adjacent to an activating group) is 1. The summed E-state index contributed by atoms with van der Waals surface area (Å²) in [5.74, 6) is -0.146. The van der Waals surface area contributed by atoms with E-state index in [0.29, 0.717) is 29.8 Å². The second kappa shape index (κ2) is 9.14. The number of esters is 1. The summed E-state index contributed by atoms with van der Waals surface area (Å²) < 4.78 is 12.7. The number of rotatable bonds is 6. The lowest BCUT2D eigenvalue weighted by Gasteiger charge is -2.15. The zero-order valence-corrected chi connectivity index (χ0v) is 19.7. The maximum absolute atomic E-state index is 13.5. The Morgan fingerprint density at radius 2 is 1.89 bits per heavy atom. The van der Waals surface area contributed by atoms with E-state index in [4.69, 9.17) is 9.47 Å². The first kappa shape index (κ1) is 23.6. The minimum absolute atomic E-state index is 0.194. The summed E-state index contributed by atoms with van der Waals surface area (Å²) in [6.45, 7) is 2.04. The van der Waals surface area contributed by atoms with Crippen LogP contribution in [0.3, 0.4) is 0 Å². The van der Waals surface area contributed by atoms with E-state index in [-0.39, 0.29) is 23.8 Å². The quantitative estimate of drug-likeness (QED) is 0.235. The molecule has 2 aliphatic rings. The molecule has 0 saturated carbocycles. The molecule has 3 amide bonds. The predicted octanol–water partition coefficient (Wildman–Crippen LogP) is 3.30. The van der Waals surface area contributed by atoms with Crippen LogP contribution in [0.4, 0.5) is 10.5 Å². The van der Waals surface area contributed by atoms with E-state index in [1.54, 1.807) is 20.1 Å². The Morgan fingerprint density at radius 1 is 1.14 bits per heavy atom. The Kier molecular flexibility index (Phi) is 5.99. The van der Waals surface area contributed by atoms with E-state index in [0.717, 1.165) is 15.8 Å². The molecular formula is C26H25N3O7. The number of urea groups is 1. The van der Waals surface area contributed by atoms with E-state index < -0.39 is 24.5 Å². The highest BCUT2D eigenvalue weighted by atomic mass is 16.6. The number of cyclic esters (lactones) is 1. The number of hydrogen-bond acceptors (Lipinski definition) is 7. The average Bonchev–Trinajstić information content (AvgIpc) is 3.53. The zero-order chi connectivity index (χ0) is 25.6. The van der Waals surface area contributed by atoms with Crippen LogP contribution in [0.2, 0.25) is 0 Å². The van der Waals surface area contributed by atoms with Crippen LogP contribution in [-0.4, -0.2) is 51.2 Å². The molecule has 0 radical (unpaired) electrons. The SMILES string of the molecule is CCN1C(=O)N(c2ccc(C(O)O)cc2)C(=O)C1=Cc1cn(C2CCC(=O)O2)c2ccc(OC)cc12. The van der Waals surface area contributed by atoms with Gasteiger partial charge in [0.25, 0.3) is 5.91 Å². The fourth-order valence-corrected chi connectivity index (χ4v) is 4.60. The molecule has 3 heterocycles. The van der Waals surface area contributed by atoms with Gasteiger partial charge in [-0.2, -0.15) is 0 Å². The molecule has 2 aromatic carbocycles. The maximum atomic E-state index is 13.5. The lowest BCUT2D eigenvalue weighted by Crippen LogP contribution is -2.32. The molecule has 2 aliphatic heterocycles. The Bertz CT molecular complexity index is 1390. The molecule has 0 aliphatic carbocycles. The molecule has 10 nitrogen and oxygen atoms in total. The van der Waals surface area contributed by atoms with Crippen molar-refractivity contribution in [2.75, 3.05) is 18.6 Å². The number of aliphatic hydroxyl groups is 2. The van der Waals surface area contributed by atoms with E-state index in [1.807, 2.05) is 29.0 Å². The van der Waals surface area contributed by atoms with Crippen LogP contribution < -0.4 is 9.64 Å². The summed E-state index contributed by atoms with van der Waals surface area (Å²) in [5.41, 5.74) is 2.23. The van der Waals surface area contributed by atoms with Crippen molar-refractivity contribution in [3.63, 3.8) is 0 Å². The monoisotopic (exact) mass is 491 g/mol. The third-order valence-corrected chi connectivity index (χ3v) is 6.44. The Labute approximate surface area is 206 Å². The third kappa shape index (κ3) is 3.90. The van der Waals surface area contributed by atoms with Crippen molar-refractivity contribution in [2.45, 2.75) is 32.3 Å². The van der Waals surface area contributed by atoms with Crippen LogP contribution in [0.1, 0.15) is 43.4 Å². The summed E-state index contributed by atoms with van der Waals surface area (Å²) in [6, 6.07) is 10.9. The smallest absolute Gasteiger partial charge is 0.336 e. The standard InChI is InChI=1S/C26H25N3O7/c1-3-27-21(24(31)29(26(27)34)17-6-4-15(5-7-17)25(32)33)12-16-14-28(22-10-11-23(30)36-22)20-9-8-18(35-2)13-19(16)20/h4-9,12-14,22,25,32-33H,3,10-11H2,1-2H3. The summed E-state index contributed by atoms with van der Waals surface area (Å²) in [4.78, 5) is 40.9. The van der Waals surface area contributed by atoms with Gasteiger partial charge in [0.05, 0.1) is 24.7 Å². The van der Waals surface area contributed by atoms with Gasteiger partial charge in [-0.3, -0.25) is 14.5 Å². The summed E-state index contributed by atoms with van der Waals surface area (Å²) >= 11 is 0. The number of fused-ring (bicyclic) bond motifs is 1. The average molecular weight is 492 g/mol. The van der Waals surface area contributed by atoms with E-state index >= 15 is 0 Å². The van der Waals surface area contributed by atoms with Gasteiger partial charge in [0.15, 0.2) is 12.5 Å². The van der Waals surface area contributed by atoms with Crippen molar-refractivity contribution >= 4 is 40.6 Å². The normalized spacial score (nSPS) is 19.3. The number of aliphatic hydroxyl groups excluding tert-OH is 1. The third-order valence-electron chi connectivity index (χ3n) is 6.44. The predicted molar refractivity (Wildman–Crippen MR) is 130 cm³/mol. The largest absolute Gasteiger partial charge is 0.497 e. The first-order valence-corrected chi connectivity index (χ1v) is 11.5. The van der Waals surface area contributed by atoms with Crippen molar-refractivity contribution in [1.29, 1.82) is 0 Å². The molecule has 0 spiro atoms. The van der Waals surface area contributed by atoms with Crippen LogP contribution >= 0.6 is 0 Å². The molecule has 3 aromatic rings. The van der Waals surface area contributed by atoms with Gasteiger partial charge in [-0.05, 0) is 43.3 Å². The highest BCUT2D eigenvalue weighted by Crippen LogP contribution is 2.36. The van der Waals surface area contributed by atoms with Crippen LogP contribution in [-0.2, 0) is 14.3 Å². The number of aromatic nitrogens is 1. The van der Waals surface area contributed by atoms with Gasteiger partial charge in [0, 0.05) is 35.7 Å². The number of carbonyl (C=O) groups is 3. The van der Waals surface area contributed by atoms with Crippen molar-refractivity contribution in [3.05, 3.63) is 65.5 Å². The molecule has 10 heteroatoms. The molecule has 1 atom stereocenters. The van der Waals surface area contributed by atoms with Crippen LogP contribution in [0, 0.1) is 0 Å². The molecule has 36 heavy (non-hydrogen) atoms. The summed E-state index contributed by atoms with van der Waals surface area (Å²) in [5, 5.41) is 19.5. The molecule has 2 fully saturated rings. The highest BCUT2D eigenvalue weighted by molar-refractivity contribution is 6.28. The van der Waals surface area contributed by atoms with E-state index in [2.05, 4.69) is 0 Å². The number of nitrogens with zero attached hydrogens (tertiary/aromatic N) is 3. The number of carbonyl (C=O) groups excluding carboxylic acids is 3. The van der Waals surface area contributed by atoms with Crippen LogP contribution in [0.25, 0.3) is 17.0 Å². The molecule has 1 aromatic heterocycles. The van der Waals surface area contributed by atoms with Crippen molar-refractivity contribution in [2.24, 2.45) is 0 Å². The van der Waals surface area contributed by atoms with Gasteiger partial charge in [-0.25, -0.2) is 9.69 Å². The Morgan fingerprint density at radius 3 is 2.50 bits per heavy atom. The van der Waals surface area contributed by atoms with Gasteiger partial charge in [0.1, 0.15) is 11.4 Å². The lowest BCUT2D eigenvalue weighted by molar-refractivity contribution is -0.144. The van der Waals surface area contributed by atoms with Crippen molar-refractivity contribution in [1.82, 2.24) is 9.47 Å². The summed E-state index contributed by atoms with van der Waals surface area (Å²) in [7, 11) is 1.56. The second-order valence-electron chi connectivity index (χ2n) is 8.52.